The number of carbonyl (C=O) groups is 1. The highest BCUT2D eigenvalue weighted by Crippen LogP contribution is 2.45. The molecule has 134 valence electrons. The van der Waals surface area contributed by atoms with Crippen molar-refractivity contribution in [3.8, 4) is 0 Å². The number of fused-ring (bicyclic) bond motifs is 1. The normalized spacial score (nSPS) is 21.0. The molecule has 4 rings (SSSR count). The van der Waals surface area contributed by atoms with Crippen LogP contribution in [0.2, 0.25) is 0 Å². The smallest absolute Gasteiger partial charge is 0.271 e. The van der Waals surface area contributed by atoms with E-state index in [0.29, 0.717) is 25.0 Å². The van der Waals surface area contributed by atoms with E-state index in [1.807, 2.05) is 37.1 Å². The van der Waals surface area contributed by atoms with Gasteiger partial charge < -0.3 is 4.90 Å². The first-order valence-electron chi connectivity index (χ1n) is 7.92. The number of aromatic nitrogens is 1. The molecule has 1 aromatic heterocycles. The molecule has 3 heterocycles. The Bertz CT molecular complexity index is 1130. The van der Waals surface area contributed by atoms with Crippen molar-refractivity contribution in [2.24, 2.45) is 0 Å². The number of anilines is 1. The van der Waals surface area contributed by atoms with E-state index in [1.165, 1.54) is 28.0 Å². The van der Waals surface area contributed by atoms with E-state index in [2.05, 4.69) is 6.07 Å². The van der Waals surface area contributed by atoms with Crippen molar-refractivity contribution in [1.29, 1.82) is 0 Å². The summed E-state index contributed by atoms with van der Waals surface area (Å²) in [6, 6.07) is 8.08. The summed E-state index contributed by atoms with van der Waals surface area (Å²) in [7, 11) is 3.63. The van der Waals surface area contributed by atoms with Gasteiger partial charge in [0.15, 0.2) is 0 Å². The largest absolute Gasteiger partial charge is 0.337 e. The van der Waals surface area contributed by atoms with Crippen LogP contribution < -0.4 is 19.7 Å². The first-order valence-corrected chi connectivity index (χ1v) is 10.8. The molecule has 1 fully saturated rings. The fraction of sp³-hybridized carbons (Fsp3) is 0.235. The van der Waals surface area contributed by atoms with Crippen LogP contribution in [0.3, 0.4) is 0 Å². The summed E-state index contributed by atoms with van der Waals surface area (Å²) in [5.41, 5.74) is 1.03. The number of thiazole rings is 1. The Balaban J connectivity index is 2.01. The monoisotopic (exact) mass is 421 g/mol. The molecule has 5 nitrogen and oxygen atoms in total. The molecule has 0 bridgehead atoms. The summed E-state index contributed by atoms with van der Waals surface area (Å²) >= 11 is 9.46. The number of hydrogen-bond acceptors (Lipinski definition) is 7. The summed E-state index contributed by atoms with van der Waals surface area (Å²) in [5, 5.41) is 0.904. The lowest BCUT2D eigenvalue weighted by Crippen LogP contribution is -2.34. The molecule has 0 atom stereocenters. The first kappa shape index (κ1) is 17.8. The fourth-order valence-corrected chi connectivity index (χ4v) is 6.72. The van der Waals surface area contributed by atoms with Crippen LogP contribution >= 0.6 is 47.1 Å². The maximum atomic E-state index is 13.1. The maximum Gasteiger partial charge on any atom is 0.271 e. The van der Waals surface area contributed by atoms with Crippen molar-refractivity contribution in [3.63, 3.8) is 0 Å². The zero-order valence-corrected chi connectivity index (χ0v) is 17.6. The van der Waals surface area contributed by atoms with Crippen LogP contribution in [0.5, 0.6) is 0 Å². The predicted molar refractivity (Wildman–Crippen MR) is 114 cm³/mol. The van der Waals surface area contributed by atoms with Crippen LogP contribution in [0.25, 0.3) is 9.93 Å². The Morgan fingerprint density at radius 1 is 1.08 bits per heavy atom. The van der Waals surface area contributed by atoms with Gasteiger partial charge in [-0.25, -0.2) is 0 Å². The SMILES string of the molecule is CCn1c(=O)/c(=C2/Sc3ccccc3N2C)s/c1=C1\SC(=S)N(C)C1=O. The summed E-state index contributed by atoms with van der Waals surface area (Å²) in [6.07, 6.45) is 0. The molecule has 0 aliphatic carbocycles. The van der Waals surface area contributed by atoms with Gasteiger partial charge in [-0.15, -0.1) is 11.3 Å². The van der Waals surface area contributed by atoms with E-state index in [0.717, 1.165) is 15.6 Å². The predicted octanol–water partition coefficient (Wildman–Crippen LogP) is 1.84. The lowest BCUT2D eigenvalue weighted by molar-refractivity contribution is -0.119. The second-order valence-electron chi connectivity index (χ2n) is 5.78. The van der Waals surface area contributed by atoms with Crippen LogP contribution in [0.15, 0.2) is 34.0 Å². The third kappa shape index (κ3) is 2.57. The highest BCUT2D eigenvalue weighted by atomic mass is 32.2. The molecule has 2 aliphatic rings. The summed E-state index contributed by atoms with van der Waals surface area (Å²) in [6.45, 7) is 2.42. The zero-order chi connectivity index (χ0) is 18.6. The Labute approximate surface area is 168 Å². The van der Waals surface area contributed by atoms with Gasteiger partial charge in [0.2, 0.25) is 0 Å². The minimum atomic E-state index is -0.143. The molecule has 0 radical (unpaired) electrons. The Hall–Kier alpha value is -1.55. The number of para-hydroxylation sites is 1. The van der Waals surface area contributed by atoms with Gasteiger partial charge in [-0.3, -0.25) is 19.1 Å². The molecule has 0 saturated carbocycles. The van der Waals surface area contributed by atoms with E-state index in [4.69, 9.17) is 12.2 Å². The minimum Gasteiger partial charge on any atom is -0.337 e. The Morgan fingerprint density at radius 2 is 1.81 bits per heavy atom. The molecule has 1 amide bonds. The maximum absolute atomic E-state index is 13.1. The van der Waals surface area contributed by atoms with Gasteiger partial charge in [0.1, 0.15) is 23.4 Å². The zero-order valence-electron chi connectivity index (χ0n) is 14.3. The number of thiocarbonyl (C=S) groups is 1. The third-order valence-electron chi connectivity index (χ3n) is 4.29. The molecular formula is C17H15N3O2S4. The molecule has 0 unspecified atom stereocenters. The minimum absolute atomic E-state index is 0.0592. The molecule has 26 heavy (non-hydrogen) atoms. The number of benzene rings is 1. The molecule has 9 heteroatoms. The molecule has 2 aromatic rings. The Kier molecular flexibility index (Phi) is 4.50. The van der Waals surface area contributed by atoms with Crippen molar-refractivity contribution in [1.82, 2.24) is 9.47 Å². The van der Waals surface area contributed by atoms with E-state index >= 15 is 0 Å². The standard InChI is InChI=1S/C17H15N3O2S4/c1-4-20-14(22)12(15-18(2)9-7-5-6-8-10(9)24-15)25-16(20)11-13(21)19(3)17(23)26-11/h5-8H,4H2,1-3H3/b15-12-,16-11-. The van der Waals surface area contributed by atoms with Crippen molar-refractivity contribution >= 4 is 72.9 Å². The highest BCUT2D eigenvalue weighted by molar-refractivity contribution is 8.30. The quantitative estimate of drug-likeness (QED) is 0.655. The average Bonchev–Trinajstić information content (AvgIpc) is 3.23. The van der Waals surface area contributed by atoms with Gasteiger partial charge in [-0.1, -0.05) is 47.9 Å². The molecule has 0 spiro atoms. The topological polar surface area (TPSA) is 45.6 Å². The molecule has 0 N–H and O–H groups in total. The van der Waals surface area contributed by atoms with Gasteiger partial charge in [-0.05, 0) is 19.1 Å². The van der Waals surface area contributed by atoms with E-state index < -0.39 is 0 Å². The van der Waals surface area contributed by atoms with Crippen LogP contribution in [-0.4, -0.2) is 33.8 Å². The Morgan fingerprint density at radius 3 is 2.42 bits per heavy atom. The number of nitrogens with zero attached hydrogens (tertiary/aromatic N) is 3. The second kappa shape index (κ2) is 6.56. The number of carbonyl (C=O) groups excluding carboxylic acids is 1. The van der Waals surface area contributed by atoms with E-state index in [9.17, 15) is 9.59 Å². The average molecular weight is 422 g/mol. The van der Waals surface area contributed by atoms with Crippen molar-refractivity contribution in [2.45, 2.75) is 18.4 Å². The van der Waals surface area contributed by atoms with Crippen LogP contribution in [-0.2, 0) is 11.3 Å². The fourth-order valence-electron chi connectivity index (χ4n) is 2.87. The number of hydrogen-bond donors (Lipinski definition) is 0. The molecule has 1 saturated heterocycles. The lowest BCUT2D eigenvalue weighted by Gasteiger charge is -2.11. The second-order valence-corrected chi connectivity index (χ2v) is 9.45. The van der Waals surface area contributed by atoms with Gasteiger partial charge >= 0.3 is 0 Å². The van der Waals surface area contributed by atoms with Crippen molar-refractivity contribution in [2.75, 3.05) is 19.0 Å². The van der Waals surface area contributed by atoms with Crippen LogP contribution in [0, 0.1) is 0 Å². The first-order chi connectivity index (χ1) is 12.4. The van der Waals surface area contributed by atoms with Crippen molar-refractivity contribution < 1.29 is 4.79 Å². The van der Waals surface area contributed by atoms with E-state index in [1.54, 1.807) is 23.4 Å². The van der Waals surface area contributed by atoms with Gasteiger partial charge in [-0.2, -0.15) is 0 Å². The number of rotatable bonds is 1. The van der Waals surface area contributed by atoms with Crippen molar-refractivity contribution in [3.05, 3.63) is 43.8 Å². The molecule has 1 aromatic carbocycles. The third-order valence-corrected chi connectivity index (χ3v) is 8.52. The summed E-state index contributed by atoms with van der Waals surface area (Å²) < 4.78 is 3.54. The van der Waals surface area contributed by atoms with Gasteiger partial charge in [0, 0.05) is 25.5 Å². The number of amides is 1. The summed E-state index contributed by atoms with van der Waals surface area (Å²) in [5.74, 6) is -0.143. The summed E-state index contributed by atoms with van der Waals surface area (Å²) in [4.78, 5) is 30.7. The van der Waals surface area contributed by atoms with Crippen LogP contribution in [0.1, 0.15) is 6.92 Å². The molecular weight excluding hydrogens is 406 g/mol. The van der Waals surface area contributed by atoms with Gasteiger partial charge in [0.25, 0.3) is 11.5 Å². The molecule has 2 aliphatic heterocycles. The van der Waals surface area contributed by atoms with Gasteiger partial charge in [0.05, 0.1) is 5.69 Å². The lowest BCUT2D eigenvalue weighted by atomic mass is 10.3. The van der Waals surface area contributed by atoms with E-state index in [-0.39, 0.29) is 11.5 Å². The van der Waals surface area contributed by atoms with Crippen LogP contribution in [0.4, 0.5) is 5.69 Å². The number of thioether (sulfide) groups is 2. The highest BCUT2D eigenvalue weighted by Gasteiger charge is 2.32.